The van der Waals surface area contributed by atoms with Gasteiger partial charge in [-0.1, -0.05) is 6.08 Å². The molecular weight excluding hydrogens is 220 g/mol. The summed E-state index contributed by atoms with van der Waals surface area (Å²) in [6, 6.07) is 2.89. The Morgan fingerprint density at radius 1 is 1.41 bits per heavy atom. The van der Waals surface area contributed by atoms with Crippen LogP contribution in [-0.4, -0.2) is 16.2 Å². The molecule has 3 rings (SSSR count). The van der Waals surface area contributed by atoms with E-state index in [1.54, 1.807) is 6.08 Å². The minimum atomic E-state index is -0.894. The van der Waals surface area contributed by atoms with Gasteiger partial charge in [0.05, 0.1) is 0 Å². The molecule has 2 N–H and O–H groups in total. The summed E-state index contributed by atoms with van der Waals surface area (Å²) in [5.41, 5.74) is 0.309. The third-order valence-corrected chi connectivity index (χ3v) is 3.44. The number of allylic oxidation sites excluding steroid dienone is 1. The molecule has 0 radical (unpaired) electrons. The molecule has 0 fully saturated rings. The highest BCUT2D eigenvalue weighted by molar-refractivity contribution is 5.70. The van der Waals surface area contributed by atoms with Crippen molar-refractivity contribution in [2.75, 3.05) is 0 Å². The Hall–Kier alpha value is -1.97. The van der Waals surface area contributed by atoms with Gasteiger partial charge >= 0.3 is 5.97 Å². The maximum Gasteiger partial charge on any atom is 0.303 e. The van der Waals surface area contributed by atoms with Gasteiger partial charge in [0.2, 0.25) is 0 Å². The number of phenols is 2. The van der Waals surface area contributed by atoms with Gasteiger partial charge in [0.25, 0.3) is 0 Å². The highest BCUT2D eigenvalue weighted by atomic mass is 16.6. The Kier molecular flexibility index (Phi) is 1.82. The molecule has 0 spiro atoms. The number of benzene rings is 1. The number of hydrogen-bond donors (Lipinski definition) is 2. The van der Waals surface area contributed by atoms with Crippen LogP contribution in [-0.2, 0) is 15.1 Å². The van der Waals surface area contributed by atoms with Crippen LogP contribution in [0.3, 0.4) is 0 Å². The molecule has 0 unspecified atom stereocenters. The summed E-state index contributed by atoms with van der Waals surface area (Å²) >= 11 is 0. The van der Waals surface area contributed by atoms with Crippen LogP contribution in [0.15, 0.2) is 24.3 Å². The number of esters is 1. The number of aromatic hydroxyl groups is 2. The zero-order valence-electron chi connectivity index (χ0n) is 9.30. The van der Waals surface area contributed by atoms with Gasteiger partial charge in [-0.25, -0.2) is 0 Å². The van der Waals surface area contributed by atoms with E-state index in [1.165, 1.54) is 19.1 Å². The van der Waals surface area contributed by atoms with Crippen molar-refractivity contribution in [3.63, 3.8) is 0 Å². The number of phenolic OH excluding ortho intramolecular Hbond substituents is 2. The van der Waals surface area contributed by atoms with E-state index in [4.69, 9.17) is 4.74 Å². The van der Waals surface area contributed by atoms with Crippen molar-refractivity contribution >= 4 is 5.97 Å². The van der Waals surface area contributed by atoms with Crippen molar-refractivity contribution in [1.29, 1.82) is 0 Å². The number of fused-ring (bicyclic) bond motifs is 5. The van der Waals surface area contributed by atoms with Gasteiger partial charge in [0, 0.05) is 30.4 Å². The average molecular weight is 232 g/mol. The SMILES string of the molecule is CC(=O)O[C@@]12C=C[C@@H](C1)c1c(O)ccc(O)c12. The first-order valence-corrected chi connectivity index (χ1v) is 5.48. The fraction of sp³-hybridized carbons (Fsp3) is 0.308. The molecule has 0 aliphatic heterocycles. The Balaban J connectivity index is 2.22. The van der Waals surface area contributed by atoms with Crippen molar-refractivity contribution in [3.8, 4) is 11.5 Å². The molecule has 17 heavy (non-hydrogen) atoms. The molecule has 0 amide bonds. The number of ether oxygens (including phenoxy) is 1. The van der Waals surface area contributed by atoms with Crippen molar-refractivity contribution in [1.82, 2.24) is 0 Å². The van der Waals surface area contributed by atoms with Crippen molar-refractivity contribution in [2.24, 2.45) is 0 Å². The Bertz CT molecular complexity index is 547. The first-order valence-electron chi connectivity index (χ1n) is 5.48. The fourth-order valence-electron chi connectivity index (χ4n) is 2.92. The van der Waals surface area contributed by atoms with E-state index in [1.807, 2.05) is 6.08 Å². The molecule has 1 aromatic carbocycles. The molecule has 2 bridgehead atoms. The van der Waals surface area contributed by atoms with Crippen LogP contribution in [0.1, 0.15) is 30.4 Å². The van der Waals surface area contributed by atoms with E-state index >= 15 is 0 Å². The Morgan fingerprint density at radius 2 is 2.12 bits per heavy atom. The lowest BCUT2D eigenvalue weighted by Crippen LogP contribution is -2.25. The summed E-state index contributed by atoms with van der Waals surface area (Å²) < 4.78 is 5.36. The fourth-order valence-corrected chi connectivity index (χ4v) is 2.92. The maximum atomic E-state index is 11.2. The largest absolute Gasteiger partial charge is 0.508 e. The molecule has 0 heterocycles. The lowest BCUT2D eigenvalue weighted by molar-refractivity contribution is -0.152. The van der Waals surface area contributed by atoms with E-state index in [0.29, 0.717) is 17.5 Å². The van der Waals surface area contributed by atoms with Gasteiger partial charge in [-0.3, -0.25) is 4.79 Å². The molecule has 88 valence electrons. The first kappa shape index (κ1) is 10.2. The average Bonchev–Trinajstić information content (AvgIpc) is 2.78. The summed E-state index contributed by atoms with van der Waals surface area (Å²) in [6.45, 7) is 1.34. The molecule has 4 nitrogen and oxygen atoms in total. The number of carbonyl (C=O) groups excluding carboxylic acids is 1. The quantitative estimate of drug-likeness (QED) is 0.441. The van der Waals surface area contributed by atoms with Gasteiger partial charge in [0.15, 0.2) is 5.60 Å². The van der Waals surface area contributed by atoms with Crippen molar-refractivity contribution in [3.05, 3.63) is 35.4 Å². The third kappa shape index (κ3) is 1.21. The summed E-state index contributed by atoms with van der Waals surface area (Å²) in [5.74, 6) is -0.186. The predicted octanol–water partition coefficient (Wildman–Crippen LogP) is 1.91. The smallest absolute Gasteiger partial charge is 0.303 e. The first-order chi connectivity index (χ1) is 8.03. The molecule has 0 saturated heterocycles. The second-order valence-electron chi connectivity index (χ2n) is 4.55. The lowest BCUT2D eigenvalue weighted by atomic mass is 9.92. The number of rotatable bonds is 1. The Morgan fingerprint density at radius 3 is 2.82 bits per heavy atom. The molecule has 4 heteroatoms. The molecule has 2 atom stereocenters. The van der Waals surface area contributed by atoms with Crippen molar-refractivity contribution in [2.45, 2.75) is 24.9 Å². The zero-order chi connectivity index (χ0) is 12.2. The predicted molar refractivity (Wildman–Crippen MR) is 59.7 cm³/mol. The van der Waals surface area contributed by atoms with Crippen LogP contribution in [0, 0.1) is 0 Å². The molecule has 2 aliphatic carbocycles. The molecule has 2 aliphatic rings. The normalized spacial score (nSPS) is 28.2. The minimum Gasteiger partial charge on any atom is -0.508 e. The monoisotopic (exact) mass is 232 g/mol. The van der Waals surface area contributed by atoms with Crippen LogP contribution < -0.4 is 0 Å². The van der Waals surface area contributed by atoms with E-state index < -0.39 is 11.6 Å². The van der Waals surface area contributed by atoms with Crippen molar-refractivity contribution < 1.29 is 19.7 Å². The zero-order valence-corrected chi connectivity index (χ0v) is 9.30. The van der Waals surface area contributed by atoms with Crippen LogP contribution >= 0.6 is 0 Å². The van der Waals surface area contributed by atoms with E-state index in [9.17, 15) is 15.0 Å². The van der Waals surface area contributed by atoms with Crippen LogP contribution in [0.25, 0.3) is 0 Å². The standard InChI is InChI=1S/C13H12O4/c1-7(14)17-13-5-4-8(6-13)11-9(15)2-3-10(16)12(11)13/h2-5,8,15-16H,6H2,1H3/t8-,13-/m0/s1. The summed E-state index contributed by atoms with van der Waals surface area (Å²) in [7, 11) is 0. The van der Waals surface area contributed by atoms with Crippen LogP contribution in [0.2, 0.25) is 0 Å². The highest BCUT2D eigenvalue weighted by Crippen LogP contribution is 2.58. The topological polar surface area (TPSA) is 66.8 Å². The molecule has 0 aromatic heterocycles. The molecule has 0 saturated carbocycles. The maximum absolute atomic E-state index is 11.2. The second kappa shape index (κ2) is 3.03. The minimum absolute atomic E-state index is 0.0106. The summed E-state index contributed by atoms with van der Waals surface area (Å²) in [5, 5.41) is 19.8. The van der Waals surface area contributed by atoms with Gasteiger partial charge in [-0.15, -0.1) is 0 Å². The van der Waals surface area contributed by atoms with E-state index in [0.717, 1.165) is 0 Å². The van der Waals surface area contributed by atoms with Crippen LogP contribution in [0.5, 0.6) is 11.5 Å². The molecule has 1 aromatic rings. The number of carbonyl (C=O) groups is 1. The summed E-state index contributed by atoms with van der Waals surface area (Å²) in [6.07, 6.45) is 4.26. The molecular formula is C13H12O4. The summed E-state index contributed by atoms with van der Waals surface area (Å²) in [4.78, 5) is 11.2. The Labute approximate surface area is 98.1 Å². The lowest BCUT2D eigenvalue weighted by Gasteiger charge is -2.26. The van der Waals surface area contributed by atoms with E-state index in [-0.39, 0.29) is 17.4 Å². The number of hydrogen-bond acceptors (Lipinski definition) is 4. The second-order valence-corrected chi connectivity index (χ2v) is 4.55. The van der Waals surface area contributed by atoms with Gasteiger partial charge in [-0.2, -0.15) is 0 Å². The van der Waals surface area contributed by atoms with Crippen LogP contribution in [0.4, 0.5) is 0 Å². The third-order valence-electron chi connectivity index (χ3n) is 3.44. The van der Waals surface area contributed by atoms with Gasteiger partial charge in [-0.05, 0) is 18.2 Å². The van der Waals surface area contributed by atoms with Gasteiger partial charge < -0.3 is 14.9 Å². The van der Waals surface area contributed by atoms with Gasteiger partial charge in [0.1, 0.15) is 11.5 Å². The highest BCUT2D eigenvalue weighted by Gasteiger charge is 2.51. The van der Waals surface area contributed by atoms with E-state index in [2.05, 4.69) is 0 Å².